The van der Waals surface area contributed by atoms with Crippen molar-refractivity contribution in [2.24, 2.45) is 0 Å². The summed E-state index contributed by atoms with van der Waals surface area (Å²) >= 11 is 0. The van der Waals surface area contributed by atoms with Crippen molar-refractivity contribution < 1.29 is 23.4 Å². The largest absolute Gasteiger partial charge is 0.489 e. The predicted octanol–water partition coefficient (Wildman–Crippen LogP) is 3.24. The topological polar surface area (TPSA) is 46.5 Å². The SMILES string of the molecule is O=C(O)c1cccc(OCc2cccc(F)c2F)c1. The summed E-state index contributed by atoms with van der Waals surface area (Å²) in [6.45, 7) is -0.174. The number of halogens is 2. The Hall–Kier alpha value is -2.43. The maximum absolute atomic E-state index is 13.4. The molecule has 0 saturated heterocycles. The zero-order valence-corrected chi connectivity index (χ0v) is 9.77. The van der Waals surface area contributed by atoms with Crippen LogP contribution in [0, 0.1) is 11.6 Å². The lowest BCUT2D eigenvalue weighted by atomic mass is 10.2. The summed E-state index contributed by atoms with van der Waals surface area (Å²) in [5, 5.41) is 8.81. The van der Waals surface area contributed by atoms with Gasteiger partial charge in [0, 0.05) is 5.56 Å². The molecule has 2 aromatic carbocycles. The molecule has 0 bridgehead atoms. The highest BCUT2D eigenvalue weighted by Crippen LogP contribution is 2.17. The van der Waals surface area contributed by atoms with Gasteiger partial charge in [0.25, 0.3) is 0 Å². The Morgan fingerprint density at radius 1 is 1.16 bits per heavy atom. The number of carboxylic acid groups (broad SMARTS) is 1. The molecule has 2 rings (SSSR count). The van der Waals surface area contributed by atoms with E-state index in [1.165, 1.54) is 30.3 Å². The lowest BCUT2D eigenvalue weighted by Gasteiger charge is -2.08. The number of hydrogen-bond acceptors (Lipinski definition) is 2. The summed E-state index contributed by atoms with van der Waals surface area (Å²) in [6, 6.07) is 9.59. The van der Waals surface area contributed by atoms with Crippen molar-refractivity contribution >= 4 is 5.97 Å². The minimum Gasteiger partial charge on any atom is -0.489 e. The van der Waals surface area contributed by atoms with E-state index in [9.17, 15) is 13.6 Å². The van der Waals surface area contributed by atoms with Crippen molar-refractivity contribution in [1.82, 2.24) is 0 Å². The number of carbonyl (C=O) groups is 1. The van der Waals surface area contributed by atoms with Gasteiger partial charge in [-0.1, -0.05) is 18.2 Å². The monoisotopic (exact) mass is 264 g/mol. The van der Waals surface area contributed by atoms with E-state index >= 15 is 0 Å². The van der Waals surface area contributed by atoms with Crippen LogP contribution < -0.4 is 4.74 Å². The Kier molecular flexibility index (Phi) is 3.75. The fraction of sp³-hybridized carbons (Fsp3) is 0.0714. The quantitative estimate of drug-likeness (QED) is 0.922. The molecule has 0 unspecified atom stereocenters. The van der Waals surface area contributed by atoms with Gasteiger partial charge in [0.15, 0.2) is 11.6 Å². The van der Waals surface area contributed by atoms with Gasteiger partial charge in [-0.15, -0.1) is 0 Å². The summed E-state index contributed by atoms with van der Waals surface area (Å²) < 4.78 is 31.6. The van der Waals surface area contributed by atoms with Gasteiger partial charge in [0.1, 0.15) is 12.4 Å². The average molecular weight is 264 g/mol. The van der Waals surface area contributed by atoms with Crippen LogP contribution in [0.15, 0.2) is 42.5 Å². The molecule has 3 nitrogen and oxygen atoms in total. The van der Waals surface area contributed by atoms with Crippen molar-refractivity contribution in [1.29, 1.82) is 0 Å². The van der Waals surface area contributed by atoms with Crippen LogP contribution in [0.25, 0.3) is 0 Å². The Morgan fingerprint density at radius 3 is 2.63 bits per heavy atom. The highest BCUT2D eigenvalue weighted by molar-refractivity contribution is 5.87. The number of benzene rings is 2. The van der Waals surface area contributed by atoms with Gasteiger partial charge in [-0.25, -0.2) is 13.6 Å². The Morgan fingerprint density at radius 2 is 1.89 bits per heavy atom. The van der Waals surface area contributed by atoms with Crippen molar-refractivity contribution in [3.63, 3.8) is 0 Å². The van der Waals surface area contributed by atoms with E-state index in [4.69, 9.17) is 9.84 Å². The second-order valence-electron chi connectivity index (χ2n) is 3.83. The number of ether oxygens (including phenoxy) is 1. The molecule has 0 aliphatic rings. The lowest BCUT2D eigenvalue weighted by Crippen LogP contribution is -2.02. The Balaban J connectivity index is 2.12. The first-order chi connectivity index (χ1) is 9.08. The van der Waals surface area contributed by atoms with E-state index < -0.39 is 17.6 Å². The number of carboxylic acids is 1. The zero-order chi connectivity index (χ0) is 13.8. The summed E-state index contributed by atoms with van der Waals surface area (Å²) in [5.41, 5.74) is 0.137. The minimum atomic E-state index is -1.08. The van der Waals surface area contributed by atoms with Crippen molar-refractivity contribution in [2.45, 2.75) is 6.61 Å². The first-order valence-corrected chi connectivity index (χ1v) is 5.47. The maximum Gasteiger partial charge on any atom is 0.335 e. The smallest absolute Gasteiger partial charge is 0.335 e. The molecule has 0 amide bonds. The van der Waals surface area contributed by atoms with Crippen LogP contribution in [0.4, 0.5) is 8.78 Å². The predicted molar refractivity (Wildman–Crippen MR) is 64.1 cm³/mol. The van der Waals surface area contributed by atoms with Crippen LogP contribution in [0.1, 0.15) is 15.9 Å². The first kappa shape index (κ1) is 13.0. The molecule has 0 saturated carbocycles. The van der Waals surface area contributed by atoms with Crippen molar-refractivity contribution in [3.05, 3.63) is 65.2 Å². The standard InChI is InChI=1S/C14H10F2O3/c15-12-6-2-4-10(13(12)16)8-19-11-5-1-3-9(7-11)14(17)18/h1-7H,8H2,(H,17,18). The fourth-order valence-electron chi connectivity index (χ4n) is 1.54. The van der Waals surface area contributed by atoms with E-state index in [1.807, 2.05) is 0 Å². The van der Waals surface area contributed by atoms with Crippen molar-refractivity contribution in [2.75, 3.05) is 0 Å². The second-order valence-corrected chi connectivity index (χ2v) is 3.83. The maximum atomic E-state index is 13.4. The van der Waals surface area contributed by atoms with Gasteiger partial charge in [0.2, 0.25) is 0 Å². The van der Waals surface area contributed by atoms with Gasteiger partial charge in [-0.05, 0) is 24.3 Å². The molecule has 0 radical (unpaired) electrons. The molecule has 0 heterocycles. The highest BCUT2D eigenvalue weighted by atomic mass is 19.2. The van der Waals surface area contributed by atoms with Crippen LogP contribution in [0.2, 0.25) is 0 Å². The van der Waals surface area contributed by atoms with E-state index in [0.29, 0.717) is 0 Å². The molecule has 0 fully saturated rings. The molecule has 98 valence electrons. The first-order valence-electron chi connectivity index (χ1n) is 5.47. The Labute approximate surface area is 108 Å². The molecule has 0 aliphatic heterocycles. The van der Waals surface area contributed by atoms with Gasteiger partial charge in [-0.2, -0.15) is 0 Å². The number of hydrogen-bond donors (Lipinski definition) is 1. The van der Waals surface area contributed by atoms with Crippen molar-refractivity contribution in [3.8, 4) is 5.75 Å². The van der Waals surface area contributed by atoms with Crippen LogP contribution in [-0.2, 0) is 6.61 Å². The van der Waals surface area contributed by atoms with Gasteiger partial charge in [0.05, 0.1) is 5.56 Å². The van der Waals surface area contributed by atoms with Crippen LogP contribution in [-0.4, -0.2) is 11.1 Å². The van der Waals surface area contributed by atoms with E-state index in [1.54, 1.807) is 6.07 Å². The molecular formula is C14H10F2O3. The number of rotatable bonds is 4. The van der Waals surface area contributed by atoms with Crippen LogP contribution >= 0.6 is 0 Å². The lowest BCUT2D eigenvalue weighted by molar-refractivity contribution is 0.0696. The zero-order valence-electron chi connectivity index (χ0n) is 9.77. The fourth-order valence-corrected chi connectivity index (χ4v) is 1.54. The summed E-state index contributed by atoms with van der Waals surface area (Å²) in [4.78, 5) is 10.8. The van der Waals surface area contributed by atoms with Gasteiger partial charge < -0.3 is 9.84 Å². The molecule has 0 spiro atoms. The molecule has 19 heavy (non-hydrogen) atoms. The molecule has 5 heteroatoms. The molecule has 0 aliphatic carbocycles. The molecular weight excluding hydrogens is 254 g/mol. The summed E-state index contributed by atoms with van der Waals surface area (Å²) in [5.74, 6) is -2.71. The third-order valence-corrected chi connectivity index (χ3v) is 2.51. The van der Waals surface area contributed by atoms with Gasteiger partial charge in [-0.3, -0.25) is 0 Å². The van der Waals surface area contributed by atoms with Crippen LogP contribution in [0.3, 0.4) is 0 Å². The summed E-state index contributed by atoms with van der Waals surface area (Å²) in [6.07, 6.45) is 0. The average Bonchev–Trinajstić information content (AvgIpc) is 2.41. The minimum absolute atomic E-state index is 0.0669. The molecule has 0 aromatic heterocycles. The van der Waals surface area contributed by atoms with E-state index in [0.717, 1.165) is 6.07 Å². The van der Waals surface area contributed by atoms with Crippen LogP contribution in [0.5, 0.6) is 5.75 Å². The third-order valence-electron chi connectivity index (χ3n) is 2.51. The highest BCUT2D eigenvalue weighted by Gasteiger charge is 2.09. The van der Waals surface area contributed by atoms with E-state index in [-0.39, 0.29) is 23.5 Å². The second kappa shape index (κ2) is 5.48. The summed E-state index contributed by atoms with van der Waals surface area (Å²) in [7, 11) is 0. The molecule has 2 aromatic rings. The normalized spacial score (nSPS) is 10.2. The van der Waals surface area contributed by atoms with Gasteiger partial charge >= 0.3 is 5.97 Å². The Bertz CT molecular complexity index is 611. The third kappa shape index (κ3) is 3.07. The number of aromatic carboxylic acids is 1. The van der Waals surface area contributed by atoms with E-state index in [2.05, 4.69) is 0 Å². The molecule has 0 atom stereocenters. The molecule has 1 N–H and O–H groups in total.